The number of nitrogens with one attached hydrogen (secondary N) is 2. The van der Waals surface area contributed by atoms with Crippen LogP contribution in [0, 0.1) is 0 Å². The van der Waals surface area contributed by atoms with Crippen LogP contribution in [0.25, 0.3) is 22.2 Å². The fourth-order valence-electron chi connectivity index (χ4n) is 4.55. The summed E-state index contributed by atoms with van der Waals surface area (Å²) in [5, 5.41) is 6.53. The van der Waals surface area contributed by atoms with Gasteiger partial charge in [-0.15, -0.1) is 0 Å². The maximum Gasteiger partial charge on any atom is 0.284 e. The molecule has 196 valence electrons. The van der Waals surface area contributed by atoms with E-state index in [0.29, 0.717) is 45.4 Å². The van der Waals surface area contributed by atoms with Crippen molar-refractivity contribution in [2.75, 3.05) is 38.4 Å². The summed E-state index contributed by atoms with van der Waals surface area (Å²) < 4.78 is 31.3. The molecule has 0 spiro atoms. The van der Waals surface area contributed by atoms with Crippen molar-refractivity contribution in [3.63, 3.8) is 0 Å². The van der Waals surface area contributed by atoms with Gasteiger partial charge in [0, 0.05) is 23.1 Å². The molecule has 3 heterocycles. The van der Waals surface area contributed by atoms with Gasteiger partial charge in [-0.1, -0.05) is 0 Å². The minimum absolute atomic E-state index is 0.102. The maximum absolute atomic E-state index is 14.8. The predicted molar refractivity (Wildman–Crippen MR) is 144 cm³/mol. The molecule has 0 saturated carbocycles. The molecule has 1 atom stereocenters. The third-order valence-corrected chi connectivity index (χ3v) is 6.60. The van der Waals surface area contributed by atoms with E-state index >= 15 is 0 Å². The SMILES string of the molecule is COc1cc2ncnc(Nc3cc(-c4ccco4)ccc3OC)c2cc1NC(=O)/C(F)=C\[C@@H]1CCCN1C. The van der Waals surface area contributed by atoms with Crippen molar-refractivity contribution in [1.29, 1.82) is 0 Å². The number of benzene rings is 2. The second-order valence-electron chi connectivity index (χ2n) is 8.97. The number of amides is 1. The van der Waals surface area contributed by atoms with Gasteiger partial charge in [0.05, 0.1) is 37.4 Å². The number of carbonyl (C=O) groups is 1. The highest BCUT2D eigenvalue weighted by atomic mass is 19.1. The van der Waals surface area contributed by atoms with Crippen LogP contribution in [0.1, 0.15) is 12.8 Å². The molecule has 1 aliphatic rings. The summed E-state index contributed by atoms with van der Waals surface area (Å²) in [5.41, 5.74) is 2.36. The van der Waals surface area contributed by atoms with Crippen LogP contribution in [0.15, 0.2) is 71.4 Å². The summed E-state index contributed by atoms with van der Waals surface area (Å²) in [5.74, 6) is 0.426. The van der Waals surface area contributed by atoms with Gasteiger partial charge in [0.15, 0.2) is 5.83 Å². The van der Waals surface area contributed by atoms with Gasteiger partial charge in [-0.05, 0) is 68.9 Å². The fourth-order valence-corrected chi connectivity index (χ4v) is 4.55. The Bertz CT molecular complexity index is 1490. The molecule has 0 aliphatic carbocycles. The Balaban J connectivity index is 1.48. The lowest BCUT2D eigenvalue weighted by atomic mass is 10.1. The summed E-state index contributed by atoms with van der Waals surface area (Å²) >= 11 is 0. The van der Waals surface area contributed by atoms with Gasteiger partial charge in [0.25, 0.3) is 5.91 Å². The van der Waals surface area contributed by atoms with E-state index in [0.717, 1.165) is 24.9 Å². The number of halogens is 1. The van der Waals surface area contributed by atoms with E-state index < -0.39 is 11.7 Å². The molecule has 1 amide bonds. The summed E-state index contributed by atoms with van der Waals surface area (Å²) in [4.78, 5) is 23.5. The van der Waals surface area contributed by atoms with Crippen LogP contribution in [0.4, 0.5) is 21.6 Å². The van der Waals surface area contributed by atoms with Crippen LogP contribution in [-0.4, -0.2) is 54.6 Å². The normalized spacial score (nSPS) is 16.0. The molecule has 1 aliphatic heterocycles. The van der Waals surface area contributed by atoms with E-state index in [1.54, 1.807) is 25.5 Å². The number of methoxy groups -OCH3 is 2. The molecule has 2 N–H and O–H groups in total. The molecule has 5 rings (SSSR count). The van der Waals surface area contributed by atoms with Gasteiger partial charge in [-0.3, -0.25) is 9.69 Å². The van der Waals surface area contributed by atoms with E-state index in [1.807, 2.05) is 42.3 Å². The molecular weight excluding hydrogens is 489 g/mol. The highest BCUT2D eigenvalue weighted by molar-refractivity contribution is 6.05. The van der Waals surface area contributed by atoms with Gasteiger partial charge < -0.3 is 24.5 Å². The van der Waals surface area contributed by atoms with Crippen molar-refractivity contribution < 1.29 is 23.1 Å². The number of carbonyl (C=O) groups excluding carboxylic acids is 1. The lowest BCUT2D eigenvalue weighted by molar-refractivity contribution is -0.114. The van der Waals surface area contributed by atoms with Crippen LogP contribution in [0.2, 0.25) is 0 Å². The van der Waals surface area contributed by atoms with E-state index in [4.69, 9.17) is 13.9 Å². The zero-order valence-electron chi connectivity index (χ0n) is 21.3. The quantitative estimate of drug-likeness (QED) is 0.294. The van der Waals surface area contributed by atoms with Crippen molar-refractivity contribution in [3.8, 4) is 22.8 Å². The minimum Gasteiger partial charge on any atom is -0.495 e. The first-order valence-electron chi connectivity index (χ1n) is 12.2. The van der Waals surface area contributed by atoms with Crippen LogP contribution in [-0.2, 0) is 4.79 Å². The highest BCUT2D eigenvalue weighted by Crippen LogP contribution is 2.37. The topological polar surface area (TPSA) is 102 Å². The molecule has 1 saturated heterocycles. The Morgan fingerprint density at radius 3 is 2.68 bits per heavy atom. The Kier molecular flexibility index (Phi) is 7.23. The minimum atomic E-state index is -0.845. The second kappa shape index (κ2) is 10.9. The number of aromatic nitrogens is 2. The monoisotopic (exact) mass is 517 g/mol. The first-order chi connectivity index (χ1) is 18.5. The molecule has 10 heteroatoms. The summed E-state index contributed by atoms with van der Waals surface area (Å²) in [7, 11) is 4.97. The molecule has 0 unspecified atom stereocenters. The number of fused-ring (bicyclic) bond motifs is 1. The average molecular weight is 518 g/mol. The molecule has 9 nitrogen and oxygen atoms in total. The van der Waals surface area contributed by atoms with Crippen molar-refractivity contribution in [2.24, 2.45) is 0 Å². The van der Waals surface area contributed by atoms with E-state index in [-0.39, 0.29) is 6.04 Å². The zero-order valence-corrected chi connectivity index (χ0v) is 21.3. The number of likely N-dealkylation sites (tertiary alicyclic amines) is 1. The van der Waals surface area contributed by atoms with Gasteiger partial charge in [0.1, 0.15) is 29.4 Å². The number of likely N-dealkylation sites (N-methyl/N-ethyl adjacent to an activating group) is 1. The maximum atomic E-state index is 14.8. The molecule has 2 aromatic heterocycles. The highest BCUT2D eigenvalue weighted by Gasteiger charge is 2.22. The number of anilines is 3. The van der Waals surface area contributed by atoms with Crippen LogP contribution >= 0.6 is 0 Å². The fraction of sp³-hybridized carbons (Fsp3) is 0.250. The van der Waals surface area contributed by atoms with Gasteiger partial charge in [-0.2, -0.15) is 0 Å². The summed E-state index contributed by atoms with van der Waals surface area (Å²) in [6.45, 7) is 0.875. The van der Waals surface area contributed by atoms with Crippen LogP contribution < -0.4 is 20.1 Å². The molecule has 0 bridgehead atoms. The zero-order chi connectivity index (χ0) is 26.6. The van der Waals surface area contributed by atoms with Gasteiger partial charge >= 0.3 is 0 Å². The van der Waals surface area contributed by atoms with E-state index in [2.05, 4.69) is 20.6 Å². The third kappa shape index (κ3) is 5.16. The summed E-state index contributed by atoms with van der Waals surface area (Å²) in [6, 6.07) is 12.5. The predicted octanol–water partition coefficient (Wildman–Crippen LogP) is 5.54. The smallest absolute Gasteiger partial charge is 0.284 e. The second-order valence-corrected chi connectivity index (χ2v) is 8.97. The molecule has 2 aromatic carbocycles. The molecule has 4 aromatic rings. The Morgan fingerprint density at radius 1 is 1.13 bits per heavy atom. The van der Waals surface area contributed by atoms with Gasteiger partial charge in [0.2, 0.25) is 0 Å². The Hall–Kier alpha value is -4.44. The Labute approximate surface area is 219 Å². The molecule has 1 fully saturated rings. The number of nitrogens with zero attached hydrogens (tertiary/aromatic N) is 3. The first kappa shape index (κ1) is 25.2. The number of hydrogen-bond donors (Lipinski definition) is 2. The first-order valence-corrected chi connectivity index (χ1v) is 12.2. The standard InChI is InChI=1S/C28H28FN5O4/c1-34-10-4-6-18(34)13-20(29)28(35)33-23-14-19-21(15-26(23)37-3)30-16-31-27(19)32-22-12-17(8-9-25(22)36-2)24-7-5-11-38-24/h5,7-9,11-16,18H,4,6,10H2,1-3H3,(H,33,35)(H,30,31,32)/b20-13+/t18-/m0/s1. The van der Waals surface area contributed by atoms with Crippen LogP contribution in [0.3, 0.4) is 0 Å². The molecular formula is C28H28FN5O4. The summed E-state index contributed by atoms with van der Waals surface area (Å²) in [6.07, 6.45) is 6.18. The number of ether oxygens (including phenoxy) is 2. The van der Waals surface area contributed by atoms with Crippen molar-refractivity contribution >= 4 is 34.0 Å². The van der Waals surface area contributed by atoms with Gasteiger partial charge in [-0.25, -0.2) is 14.4 Å². The lowest BCUT2D eigenvalue weighted by Gasteiger charge is -2.16. The van der Waals surface area contributed by atoms with E-state index in [9.17, 15) is 9.18 Å². The van der Waals surface area contributed by atoms with Crippen molar-refractivity contribution in [1.82, 2.24) is 14.9 Å². The average Bonchev–Trinajstić information content (AvgIpc) is 3.61. The molecule has 0 radical (unpaired) electrons. The van der Waals surface area contributed by atoms with Crippen molar-refractivity contribution in [2.45, 2.75) is 18.9 Å². The Morgan fingerprint density at radius 2 is 1.97 bits per heavy atom. The van der Waals surface area contributed by atoms with Crippen LogP contribution in [0.5, 0.6) is 11.5 Å². The van der Waals surface area contributed by atoms with E-state index in [1.165, 1.54) is 19.5 Å². The third-order valence-electron chi connectivity index (χ3n) is 6.60. The van der Waals surface area contributed by atoms with Crippen molar-refractivity contribution in [3.05, 3.63) is 67.0 Å². The largest absolute Gasteiger partial charge is 0.495 e. The molecule has 38 heavy (non-hydrogen) atoms. The number of furan rings is 1. The lowest BCUT2D eigenvalue weighted by Crippen LogP contribution is -2.24. The number of rotatable bonds is 8. The number of hydrogen-bond acceptors (Lipinski definition) is 8.